The summed E-state index contributed by atoms with van der Waals surface area (Å²) in [7, 11) is -3.08. The number of aromatic hydroxyl groups is 2. The van der Waals surface area contributed by atoms with Gasteiger partial charge < -0.3 is 15.5 Å². The van der Waals surface area contributed by atoms with E-state index in [4.69, 9.17) is 0 Å². The molecule has 0 amide bonds. The first-order valence-corrected chi connectivity index (χ1v) is 8.75. The fraction of sp³-hybridized carbons (Fsp3) is 0.571. The predicted molar refractivity (Wildman–Crippen MR) is 80.7 cm³/mol. The van der Waals surface area contributed by atoms with Crippen molar-refractivity contribution in [3.05, 3.63) is 23.8 Å². The Morgan fingerprint density at radius 3 is 2.48 bits per heavy atom. The van der Waals surface area contributed by atoms with Gasteiger partial charge in [-0.05, 0) is 37.5 Å². The molecule has 1 aromatic rings. The van der Waals surface area contributed by atoms with Crippen LogP contribution in [0, 0.1) is 0 Å². The van der Waals surface area contributed by atoms with Crippen molar-refractivity contribution in [2.45, 2.75) is 32.4 Å². The summed E-state index contributed by atoms with van der Waals surface area (Å²) in [5.41, 5.74) is 0.883. The van der Waals surface area contributed by atoms with Gasteiger partial charge in [0.05, 0.1) is 5.75 Å². The minimum absolute atomic E-state index is 0.127. The van der Waals surface area contributed by atoms with E-state index in [0.29, 0.717) is 19.6 Å². The molecule has 0 aliphatic carbocycles. The van der Waals surface area contributed by atoms with Crippen molar-refractivity contribution in [2.75, 3.05) is 18.8 Å². The number of piperidine rings is 1. The largest absolute Gasteiger partial charge is 0.504 e. The third-order valence-electron chi connectivity index (χ3n) is 3.85. The van der Waals surface area contributed by atoms with Gasteiger partial charge in [0.1, 0.15) is 0 Å². The van der Waals surface area contributed by atoms with Crippen molar-refractivity contribution in [1.82, 2.24) is 9.62 Å². The predicted octanol–water partition coefficient (Wildman–Crippen LogP) is 1.00. The average molecular weight is 314 g/mol. The van der Waals surface area contributed by atoms with E-state index in [-0.39, 0.29) is 23.3 Å². The highest BCUT2D eigenvalue weighted by Crippen LogP contribution is 2.25. The number of hydrogen-bond acceptors (Lipinski definition) is 5. The fourth-order valence-corrected chi connectivity index (χ4v) is 3.59. The molecule has 118 valence electrons. The third-order valence-corrected chi connectivity index (χ3v) is 5.73. The van der Waals surface area contributed by atoms with E-state index in [2.05, 4.69) is 5.32 Å². The molecule has 0 saturated carbocycles. The molecule has 1 aromatic carbocycles. The Morgan fingerprint density at radius 1 is 1.24 bits per heavy atom. The maximum absolute atomic E-state index is 11.8. The van der Waals surface area contributed by atoms with E-state index in [1.165, 1.54) is 12.1 Å². The summed E-state index contributed by atoms with van der Waals surface area (Å²) in [6.07, 6.45) is 1.56. The zero-order chi connectivity index (χ0) is 15.5. The van der Waals surface area contributed by atoms with Crippen LogP contribution in [0.5, 0.6) is 11.5 Å². The van der Waals surface area contributed by atoms with Gasteiger partial charge >= 0.3 is 0 Å². The minimum Gasteiger partial charge on any atom is -0.504 e. The molecule has 1 heterocycles. The van der Waals surface area contributed by atoms with Crippen molar-refractivity contribution in [1.29, 1.82) is 0 Å². The van der Waals surface area contributed by atoms with Crippen molar-refractivity contribution < 1.29 is 18.6 Å². The van der Waals surface area contributed by atoms with Gasteiger partial charge in [0.15, 0.2) is 11.5 Å². The molecular formula is C14H22N2O4S. The number of phenolic OH excluding ortho intramolecular Hbond substituents is 2. The van der Waals surface area contributed by atoms with Crippen LogP contribution in [-0.4, -0.2) is 47.8 Å². The Hall–Kier alpha value is -1.31. The zero-order valence-corrected chi connectivity index (χ0v) is 12.9. The van der Waals surface area contributed by atoms with E-state index in [1.54, 1.807) is 17.3 Å². The summed E-state index contributed by atoms with van der Waals surface area (Å²) >= 11 is 0. The molecule has 0 bridgehead atoms. The lowest BCUT2D eigenvalue weighted by atomic mass is 10.1. The van der Waals surface area contributed by atoms with Gasteiger partial charge in [-0.2, -0.15) is 0 Å². The van der Waals surface area contributed by atoms with Crippen LogP contribution in [0.25, 0.3) is 0 Å². The molecule has 0 radical (unpaired) electrons. The van der Waals surface area contributed by atoms with Crippen LogP contribution < -0.4 is 5.32 Å². The summed E-state index contributed by atoms with van der Waals surface area (Å²) in [5.74, 6) is -0.104. The molecule has 1 aliphatic rings. The maximum Gasteiger partial charge on any atom is 0.213 e. The van der Waals surface area contributed by atoms with Gasteiger partial charge in [0.2, 0.25) is 10.0 Å². The Kier molecular flexibility index (Phi) is 5.08. The van der Waals surface area contributed by atoms with Gasteiger partial charge in [-0.1, -0.05) is 6.07 Å². The molecule has 21 heavy (non-hydrogen) atoms. The number of nitrogens with zero attached hydrogens (tertiary/aromatic N) is 1. The number of benzene rings is 1. The molecular weight excluding hydrogens is 292 g/mol. The molecule has 2 rings (SSSR count). The van der Waals surface area contributed by atoms with Gasteiger partial charge in [0, 0.05) is 25.7 Å². The van der Waals surface area contributed by atoms with Crippen molar-refractivity contribution in [3.63, 3.8) is 0 Å². The van der Waals surface area contributed by atoms with Crippen molar-refractivity contribution in [2.24, 2.45) is 0 Å². The maximum atomic E-state index is 11.8. The van der Waals surface area contributed by atoms with Crippen LogP contribution in [-0.2, 0) is 16.6 Å². The highest BCUT2D eigenvalue weighted by Gasteiger charge is 2.26. The third kappa shape index (κ3) is 4.09. The van der Waals surface area contributed by atoms with E-state index in [9.17, 15) is 18.6 Å². The Bertz CT molecular complexity index is 581. The van der Waals surface area contributed by atoms with Gasteiger partial charge in [-0.25, -0.2) is 12.7 Å². The molecule has 0 aromatic heterocycles. The minimum atomic E-state index is -3.08. The normalized spacial score (nSPS) is 18.0. The first kappa shape index (κ1) is 16.1. The first-order chi connectivity index (χ1) is 9.92. The lowest BCUT2D eigenvalue weighted by Crippen LogP contribution is -2.45. The highest BCUT2D eigenvalue weighted by atomic mass is 32.2. The van der Waals surface area contributed by atoms with E-state index in [1.807, 2.05) is 0 Å². The van der Waals surface area contributed by atoms with E-state index < -0.39 is 10.0 Å². The smallest absolute Gasteiger partial charge is 0.213 e. The zero-order valence-electron chi connectivity index (χ0n) is 12.1. The lowest BCUT2D eigenvalue weighted by molar-refractivity contribution is 0.289. The molecule has 1 saturated heterocycles. The second-order valence-corrected chi connectivity index (χ2v) is 7.54. The van der Waals surface area contributed by atoms with E-state index >= 15 is 0 Å². The number of hydrogen-bond donors (Lipinski definition) is 3. The fourth-order valence-electron chi connectivity index (χ4n) is 2.46. The average Bonchev–Trinajstić information content (AvgIpc) is 2.49. The SMILES string of the molecule is CCS(=O)(=O)N1CCC(NCc2ccc(O)c(O)c2)CC1. The second-order valence-electron chi connectivity index (χ2n) is 5.28. The van der Waals surface area contributed by atoms with Crippen LogP contribution >= 0.6 is 0 Å². The summed E-state index contributed by atoms with van der Waals surface area (Å²) in [5, 5.41) is 22.1. The van der Waals surface area contributed by atoms with Gasteiger partial charge in [-0.15, -0.1) is 0 Å². The standard InChI is InChI=1S/C14H22N2O4S/c1-2-21(19,20)16-7-5-12(6-8-16)15-10-11-3-4-13(17)14(18)9-11/h3-4,9,12,15,17-18H,2,5-8,10H2,1H3. The topological polar surface area (TPSA) is 89.9 Å². The Balaban J connectivity index is 1.82. The van der Waals surface area contributed by atoms with Crippen LogP contribution in [0.15, 0.2) is 18.2 Å². The van der Waals surface area contributed by atoms with E-state index in [0.717, 1.165) is 18.4 Å². The van der Waals surface area contributed by atoms with Crippen LogP contribution in [0.4, 0.5) is 0 Å². The molecule has 7 heteroatoms. The molecule has 3 N–H and O–H groups in total. The number of phenols is 2. The Morgan fingerprint density at radius 2 is 1.90 bits per heavy atom. The number of rotatable bonds is 5. The summed E-state index contributed by atoms with van der Waals surface area (Å²) in [6, 6.07) is 5.00. The monoisotopic (exact) mass is 314 g/mol. The molecule has 0 spiro atoms. The van der Waals surface area contributed by atoms with Gasteiger partial charge in [0.25, 0.3) is 0 Å². The summed E-state index contributed by atoms with van der Waals surface area (Å²) in [6.45, 7) is 3.35. The lowest BCUT2D eigenvalue weighted by Gasteiger charge is -2.31. The second kappa shape index (κ2) is 6.64. The Labute approximate surface area is 125 Å². The number of nitrogens with one attached hydrogen (secondary N) is 1. The highest BCUT2D eigenvalue weighted by molar-refractivity contribution is 7.89. The van der Waals surface area contributed by atoms with Crippen LogP contribution in [0.1, 0.15) is 25.3 Å². The van der Waals surface area contributed by atoms with Crippen molar-refractivity contribution in [3.8, 4) is 11.5 Å². The molecule has 1 fully saturated rings. The van der Waals surface area contributed by atoms with Crippen LogP contribution in [0.2, 0.25) is 0 Å². The molecule has 0 atom stereocenters. The summed E-state index contributed by atoms with van der Waals surface area (Å²) < 4.78 is 25.1. The summed E-state index contributed by atoms with van der Waals surface area (Å²) in [4.78, 5) is 0. The molecule has 0 unspecified atom stereocenters. The molecule has 1 aliphatic heterocycles. The van der Waals surface area contributed by atoms with Crippen LogP contribution in [0.3, 0.4) is 0 Å². The molecule has 6 nitrogen and oxygen atoms in total. The van der Waals surface area contributed by atoms with Crippen molar-refractivity contribution >= 4 is 10.0 Å². The first-order valence-electron chi connectivity index (χ1n) is 7.14. The van der Waals surface area contributed by atoms with Gasteiger partial charge in [-0.3, -0.25) is 0 Å². The number of sulfonamides is 1. The quantitative estimate of drug-likeness (QED) is 0.706.